The molecule has 3 aliphatic carbocycles. The van der Waals surface area contributed by atoms with Crippen LogP contribution in [-0.4, -0.2) is 40.7 Å². The van der Waals surface area contributed by atoms with E-state index in [4.69, 9.17) is 25.6 Å². The van der Waals surface area contributed by atoms with Gasteiger partial charge in [0, 0.05) is 11.8 Å². The van der Waals surface area contributed by atoms with Crippen molar-refractivity contribution in [2.45, 2.75) is 83.4 Å². The Labute approximate surface area is 176 Å². The smallest absolute Gasteiger partial charge is 0.455 e. The molecule has 1 aromatic heterocycles. The monoisotopic (exact) mass is 425 g/mol. The summed E-state index contributed by atoms with van der Waals surface area (Å²) in [4.78, 5) is 16.6. The van der Waals surface area contributed by atoms with Gasteiger partial charge >= 0.3 is 13.1 Å². The lowest BCUT2D eigenvalue weighted by Gasteiger charge is -2.63. The third-order valence-corrected chi connectivity index (χ3v) is 7.89. The van der Waals surface area contributed by atoms with Crippen molar-refractivity contribution < 1.29 is 18.8 Å². The van der Waals surface area contributed by atoms with Gasteiger partial charge in [-0.1, -0.05) is 13.8 Å². The number of nitrogens with zero attached hydrogens (tertiary/aromatic N) is 1. The number of esters is 1. The first-order valence-corrected chi connectivity index (χ1v) is 11.4. The van der Waals surface area contributed by atoms with E-state index in [0.29, 0.717) is 29.4 Å². The van der Waals surface area contributed by atoms with E-state index in [1.165, 1.54) is 17.8 Å². The number of rotatable bonds is 4. The molecule has 0 radical (unpaired) electrons. The number of carbonyl (C=O) groups is 1. The molecule has 8 heteroatoms. The van der Waals surface area contributed by atoms with E-state index in [-0.39, 0.29) is 17.0 Å². The zero-order valence-corrected chi connectivity index (χ0v) is 19.0. The van der Waals surface area contributed by atoms with E-state index in [9.17, 15) is 4.79 Å². The molecule has 0 spiro atoms. The van der Waals surface area contributed by atoms with Crippen LogP contribution in [0, 0.1) is 17.3 Å². The van der Waals surface area contributed by atoms with Crippen molar-refractivity contribution in [2.75, 3.05) is 0 Å². The number of ether oxygens (including phenoxy) is 1. The number of hydrogen-bond donors (Lipinski definition) is 0. The van der Waals surface area contributed by atoms with E-state index in [0.717, 1.165) is 11.4 Å². The van der Waals surface area contributed by atoms with Crippen molar-refractivity contribution in [3.05, 3.63) is 16.1 Å². The summed E-state index contributed by atoms with van der Waals surface area (Å²) in [5, 5.41) is 2.17. The topological polar surface area (TPSA) is 57.7 Å². The zero-order chi connectivity index (χ0) is 20.5. The second-order valence-corrected chi connectivity index (χ2v) is 11.8. The third kappa shape index (κ3) is 3.53. The lowest BCUT2D eigenvalue weighted by molar-refractivity contribution is -0.185. The average molecular weight is 426 g/mol. The Morgan fingerprint density at radius 3 is 2.82 bits per heavy atom. The Balaban J connectivity index is 1.39. The highest BCUT2D eigenvalue weighted by Gasteiger charge is 2.67. The summed E-state index contributed by atoms with van der Waals surface area (Å²) in [7, 11) is -0.444. The fourth-order valence-corrected chi connectivity index (χ4v) is 6.16. The summed E-state index contributed by atoms with van der Waals surface area (Å²) in [6.45, 7) is 12.4. The Bertz CT molecular complexity index is 779. The molecule has 1 aromatic rings. The van der Waals surface area contributed by atoms with Gasteiger partial charge in [0.2, 0.25) is 0 Å². The third-order valence-electron chi connectivity index (χ3n) is 6.66. The number of carbonyl (C=O) groups excluding carboxylic acids is 1. The summed E-state index contributed by atoms with van der Waals surface area (Å²) < 4.78 is 18.0. The number of halogens is 1. The minimum absolute atomic E-state index is 0.104. The fourth-order valence-electron chi connectivity index (χ4n) is 4.99. The van der Waals surface area contributed by atoms with Crippen LogP contribution in [0.1, 0.15) is 69.9 Å². The Morgan fingerprint density at radius 2 is 2.18 bits per heavy atom. The lowest BCUT2D eigenvalue weighted by atomic mass is 9.45. The van der Waals surface area contributed by atoms with Crippen LogP contribution in [0.4, 0.5) is 0 Å². The molecule has 0 aromatic carbocycles. The van der Waals surface area contributed by atoms with Crippen LogP contribution < -0.4 is 0 Å². The molecule has 5 atom stereocenters. The SMILES string of the molecule is CC(C)(C)OC(=O)c1csc(C[C@H](Cl)B2OC3[C@@H]4C[C@H](C[C@]3(C)O2)C4(C)C)n1. The highest BCUT2D eigenvalue weighted by Crippen LogP contribution is 2.64. The van der Waals surface area contributed by atoms with E-state index < -0.39 is 18.7 Å². The molecule has 2 bridgehead atoms. The highest BCUT2D eigenvalue weighted by molar-refractivity contribution is 7.09. The first kappa shape index (κ1) is 20.6. The van der Waals surface area contributed by atoms with E-state index in [2.05, 4.69) is 25.8 Å². The maximum Gasteiger partial charge on any atom is 0.477 e. The van der Waals surface area contributed by atoms with Gasteiger partial charge in [-0.05, 0) is 57.8 Å². The minimum Gasteiger partial charge on any atom is -0.455 e. The Morgan fingerprint density at radius 1 is 1.46 bits per heavy atom. The molecule has 5 nitrogen and oxygen atoms in total. The summed E-state index contributed by atoms with van der Waals surface area (Å²) in [6, 6.07) is 0. The largest absolute Gasteiger partial charge is 0.477 e. The Kier molecular flexibility index (Phi) is 4.93. The number of aromatic nitrogens is 1. The second-order valence-electron chi connectivity index (χ2n) is 10.3. The summed E-state index contributed by atoms with van der Waals surface area (Å²) in [5.74, 6) is 0.823. The molecule has 1 unspecified atom stereocenters. The molecule has 28 heavy (non-hydrogen) atoms. The van der Waals surface area contributed by atoms with Gasteiger partial charge in [0.15, 0.2) is 5.69 Å². The lowest BCUT2D eigenvalue weighted by Crippen LogP contribution is -2.63. The maximum absolute atomic E-state index is 12.2. The van der Waals surface area contributed by atoms with Crippen molar-refractivity contribution in [2.24, 2.45) is 17.3 Å². The van der Waals surface area contributed by atoms with Crippen LogP contribution in [-0.2, 0) is 20.5 Å². The molecule has 2 heterocycles. The van der Waals surface area contributed by atoms with Crippen LogP contribution in [0.5, 0.6) is 0 Å². The predicted octanol–water partition coefficient (Wildman–Crippen LogP) is 4.52. The number of hydrogen-bond acceptors (Lipinski definition) is 6. The van der Waals surface area contributed by atoms with Gasteiger partial charge in [0.05, 0.1) is 22.0 Å². The second kappa shape index (κ2) is 6.69. The van der Waals surface area contributed by atoms with Crippen molar-refractivity contribution >= 4 is 36.0 Å². The van der Waals surface area contributed by atoms with E-state index >= 15 is 0 Å². The van der Waals surface area contributed by atoms with E-state index in [1.807, 2.05) is 20.8 Å². The minimum atomic E-state index is -0.540. The number of thiazole rings is 1. The van der Waals surface area contributed by atoms with Crippen molar-refractivity contribution in [3.8, 4) is 0 Å². The molecule has 0 N–H and O–H groups in total. The summed E-state index contributed by atoms with van der Waals surface area (Å²) in [6.07, 6.45) is 2.86. The molecular formula is C20H29BClNO4S. The summed E-state index contributed by atoms with van der Waals surface area (Å²) >= 11 is 8.09. The van der Waals surface area contributed by atoms with Crippen molar-refractivity contribution in [3.63, 3.8) is 0 Å². The first-order chi connectivity index (χ1) is 12.9. The van der Waals surface area contributed by atoms with Crippen LogP contribution in [0.25, 0.3) is 0 Å². The molecule has 4 fully saturated rings. The molecule has 3 saturated carbocycles. The van der Waals surface area contributed by atoms with Crippen LogP contribution in [0.2, 0.25) is 0 Å². The zero-order valence-electron chi connectivity index (χ0n) is 17.5. The molecule has 4 aliphatic rings. The molecule has 154 valence electrons. The van der Waals surface area contributed by atoms with Gasteiger partial charge < -0.3 is 14.0 Å². The molecule has 1 aliphatic heterocycles. The quantitative estimate of drug-likeness (QED) is 0.403. The average Bonchev–Trinajstić information content (AvgIpc) is 3.16. The summed E-state index contributed by atoms with van der Waals surface area (Å²) in [5.41, 5.74) is -0.134. The van der Waals surface area contributed by atoms with E-state index in [1.54, 1.807) is 5.38 Å². The van der Waals surface area contributed by atoms with Gasteiger partial charge in [-0.2, -0.15) is 0 Å². The maximum atomic E-state index is 12.2. The molecular weight excluding hydrogens is 397 g/mol. The standard InChI is InChI=1S/C20H29BClNO4S/c1-18(2,3)25-17(24)13-10-28-15(23-13)8-14(22)21-26-16-12-7-11(19(12,4)5)9-20(16,6)27-21/h10-12,14,16H,7-9H2,1-6H3/t11-,12+,14+,16?,20+/m1/s1. The van der Waals surface area contributed by atoms with Crippen molar-refractivity contribution in [1.29, 1.82) is 0 Å². The van der Waals surface area contributed by atoms with Gasteiger partial charge in [-0.3, -0.25) is 0 Å². The predicted molar refractivity (Wildman–Crippen MR) is 111 cm³/mol. The first-order valence-electron chi connectivity index (χ1n) is 10.0. The fraction of sp³-hybridized carbons (Fsp3) is 0.800. The van der Waals surface area contributed by atoms with Crippen LogP contribution in [0.15, 0.2) is 5.38 Å². The van der Waals surface area contributed by atoms with Gasteiger partial charge in [-0.15, -0.1) is 22.9 Å². The van der Waals surface area contributed by atoms with Crippen molar-refractivity contribution in [1.82, 2.24) is 4.98 Å². The molecule has 5 rings (SSSR count). The van der Waals surface area contributed by atoms with Gasteiger partial charge in [0.25, 0.3) is 0 Å². The van der Waals surface area contributed by atoms with Crippen LogP contribution >= 0.6 is 22.9 Å². The number of alkyl halides is 1. The highest BCUT2D eigenvalue weighted by atomic mass is 35.5. The van der Waals surface area contributed by atoms with Crippen LogP contribution in [0.3, 0.4) is 0 Å². The molecule has 0 amide bonds. The Hall–Kier alpha value is -0.625. The van der Waals surface area contributed by atoms with Gasteiger partial charge in [-0.25, -0.2) is 9.78 Å². The molecule has 1 saturated heterocycles. The van der Waals surface area contributed by atoms with Gasteiger partial charge in [0.1, 0.15) is 5.60 Å². The normalized spacial score (nSPS) is 34.5.